The first-order valence-corrected chi connectivity index (χ1v) is 5.36. The van der Waals surface area contributed by atoms with Gasteiger partial charge in [0.05, 0.1) is 6.04 Å². The Kier molecular flexibility index (Phi) is 4.54. The van der Waals surface area contributed by atoms with Crippen molar-refractivity contribution in [3.05, 3.63) is 11.7 Å². The van der Waals surface area contributed by atoms with Crippen molar-refractivity contribution >= 4 is 12.4 Å². The topological polar surface area (TPSA) is 64.9 Å². The number of halogens is 1. The monoisotopic (exact) mass is 231 g/mol. The zero-order valence-electron chi connectivity index (χ0n) is 8.98. The van der Waals surface area contributed by atoms with Crippen LogP contribution < -0.4 is 5.73 Å². The maximum absolute atomic E-state index is 5.66. The molecule has 0 radical (unpaired) electrons. The second-order valence-electron chi connectivity index (χ2n) is 4.11. The Labute approximate surface area is 96.0 Å². The Morgan fingerprint density at radius 2 is 2.00 bits per heavy atom. The molecule has 1 heterocycles. The highest BCUT2D eigenvalue weighted by Crippen LogP contribution is 2.31. The molecule has 0 aromatic carbocycles. The highest BCUT2D eigenvalue weighted by molar-refractivity contribution is 5.85. The van der Waals surface area contributed by atoms with Gasteiger partial charge in [-0.05, 0) is 19.8 Å². The molecule has 0 bridgehead atoms. The van der Waals surface area contributed by atoms with Crippen molar-refractivity contribution in [1.82, 2.24) is 10.1 Å². The predicted octanol–water partition coefficient (Wildman–Crippen LogP) is 2.56. The lowest BCUT2D eigenvalue weighted by Crippen LogP contribution is -2.08. The second-order valence-corrected chi connectivity index (χ2v) is 4.11. The van der Waals surface area contributed by atoms with Gasteiger partial charge in [0.2, 0.25) is 5.89 Å². The van der Waals surface area contributed by atoms with Gasteiger partial charge in [-0.15, -0.1) is 12.4 Å². The van der Waals surface area contributed by atoms with Crippen LogP contribution in [0, 0.1) is 0 Å². The number of aromatic nitrogens is 2. The van der Waals surface area contributed by atoms with E-state index in [4.69, 9.17) is 10.3 Å². The van der Waals surface area contributed by atoms with Gasteiger partial charge in [0.25, 0.3) is 0 Å². The van der Waals surface area contributed by atoms with Crippen LogP contribution in [0.25, 0.3) is 0 Å². The average Bonchev–Trinajstić information content (AvgIpc) is 2.68. The van der Waals surface area contributed by atoms with E-state index in [-0.39, 0.29) is 18.4 Å². The van der Waals surface area contributed by atoms with Crippen molar-refractivity contribution < 1.29 is 4.52 Å². The summed E-state index contributed by atoms with van der Waals surface area (Å²) in [6, 6.07) is -0.153. The second kappa shape index (κ2) is 5.47. The van der Waals surface area contributed by atoms with E-state index >= 15 is 0 Å². The van der Waals surface area contributed by atoms with Gasteiger partial charge in [-0.1, -0.05) is 24.4 Å². The van der Waals surface area contributed by atoms with E-state index in [0.717, 1.165) is 5.82 Å². The summed E-state index contributed by atoms with van der Waals surface area (Å²) in [6.45, 7) is 1.86. The van der Waals surface area contributed by atoms with Crippen LogP contribution in [0.15, 0.2) is 4.52 Å². The molecule has 0 spiro atoms. The third-order valence-corrected chi connectivity index (χ3v) is 2.82. The first-order valence-electron chi connectivity index (χ1n) is 5.36. The van der Waals surface area contributed by atoms with Crippen molar-refractivity contribution in [3.63, 3.8) is 0 Å². The Balaban J connectivity index is 0.00000112. The summed E-state index contributed by atoms with van der Waals surface area (Å²) in [5.41, 5.74) is 5.66. The van der Waals surface area contributed by atoms with Gasteiger partial charge >= 0.3 is 0 Å². The molecule has 1 aromatic heterocycles. The summed E-state index contributed by atoms with van der Waals surface area (Å²) in [4.78, 5) is 4.33. The van der Waals surface area contributed by atoms with Crippen molar-refractivity contribution in [2.75, 3.05) is 0 Å². The van der Waals surface area contributed by atoms with E-state index in [9.17, 15) is 0 Å². The maximum atomic E-state index is 5.66. The predicted molar refractivity (Wildman–Crippen MR) is 60.0 cm³/mol. The van der Waals surface area contributed by atoms with Crippen LogP contribution in [-0.4, -0.2) is 10.1 Å². The van der Waals surface area contributed by atoms with Crippen molar-refractivity contribution in [2.45, 2.75) is 51.0 Å². The lowest BCUT2D eigenvalue weighted by molar-refractivity contribution is 0.346. The minimum absolute atomic E-state index is 0. The van der Waals surface area contributed by atoms with E-state index < -0.39 is 0 Å². The molecule has 4 nitrogen and oxygen atoms in total. The van der Waals surface area contributed by atoms with E-state index in [1.54, 1.807) is 0 Å². The Bertz CT molecular complexity index is 295. The van der Waals surface area contributed by atoms with Crippen LogP contribution in [-0.2, 0) is 0 Å². The van der Waals surface area contributed by atoms with Crippen LogP contribution in [0.4, 0.5) is 0 Å². The first kappa shape index (κ1) is 12.5. The lowest BCUT2D eigenvalue weighted by atomic mass is 9.89. The standard InChI is InChI=1S/C10H17N3O.ClH/c1-7(11)10-12-9(13-14-10)8-5-3-2-4-6-8;/h7-8H,2-6,11H2,1H3;1H. The zero-order valence-corrected chi connectivity index (χ0v) is 9.80. The van der Waals surface area contributed by atoms with Crippen molar-refractivity contribution in [2.24, 2.45) is 5.73 Å². The molecule has 2 N–H and O–H groups in total. The molecule has 2 rings (SSSR count). The van der Waals surface area contributed by atoms with Crippen LogP contribution >= 0.6 is 12.4 Å². The molecule has 5 heteroatoms. The van der Waals surface area contributed by atoms with Crippen LogP contribution in [0.2, 0.25) is 0 Å². The largest absolute Gasteiger partial charge is 0.338 e. The minimum atomic E-state index is -0.153. The Hall–Kier alpha value is -0.610. The number of hydrogen-bond donors (Lipinski definition) is 1. The van der Waals surface area contributed by atoms with E-state index in [2.05, 4.69) is 10.1 Å². The van der Waals surface area contributed by atoms with Gasteiger partial charge in [0, 0.05) is 5.92 Å². The summed E-state index contributed by atoms with van der Waals surface area (Å²) in [5, 5.41) is 4.00. The number of nitrogens with two attached hydrogens (primary N) is 1. The van der Waals surface area contributed by atoms with Crippen LogP contribution in [0.3, 0.4) is 0 Å². The molecule has 1 atom stereocenters. The molecular formula is C10H18ClN3O. The SMILES string of the molecule is CC(N)c1nc(C2CCCCC2)no1.Cl. The van der Waals surface area contributed by atoms with E-state index in [1.807, 2.05) is 6.92 Å². The van der Waals surface area contributed by atoms with Gasteiger partial charge in [-0.2, -0.15) is 4.98 Å². The quantitative estimate of drug-likeness (QED) is 0.850. The molecule has 0 saturated heterocycles. The molecule has 1 aromatic rings. The van der Waals surface area contributed by atoms with Crippen LogP contribution in [0.5, 0.6) is 0 Å². The summed E-state index contributed by atoms with van der Waals surface area (Å²) in [6.07, 6.45) is 6.30. The first-order chi connectivity index (χ1) is 6.77. The molecule has 1 aliphatic carbocycles. The van der Waals surface area contributed by atoms with Gasteiger partial charge in [-0.25, -0.2) is 0 Å². The Morgan fingerprint density at radius 3 is 2.53 bits per heavy atom. The van der Waals surface area contributed by atoms with E-state index in [0.29, 0.717) is 11.8 Å². The summed E-state index contributed by atoms with van der Waals surface area (Å²) in [7, 11) is 0. The lowest BCUT2D eigenvalue weighted by Gasteiger charge is -2.17. The van der Waals surface area contributed by atoms with E-state index in [1.165, 1.54) is 32.1 Å². The molecule has 0 aliphatic heterocycles. The fourth-order valence-electron chi connectivity index (χ4n) is 1.96. The molecular weight excluding hydrogens is 214 g/mol. The number of rotatable bonds is 2. The van der Waals surface area contributed by atoms with Crippen molar-refractivity contribution in [3.8, 4) is 0 Å². The van der Waals surface area contributed by atoms with Gasteiger partial charge < -0.3 is 10.3 Å². The average molecular weight is 232 g/mol. The number of hydrogen-bond acceptors (Lipinski definition) is 4. The summed E-state index contributed by atoms with van der Waals surface area (Å²) < 4.78 is 5.09. The van der Waals surface area contributed by atoms with Gasteiger partial charge in [0.15, 0.2) is 5.82 Å². The Morgan fingerprint density at radius 1 is 1.33 bits per heavy atom. The fraction of sp³-hybridized carbons (Fsp3) is 0.800. The highest BCUT2D eigenvalue weighted by Gasteiger charge is 2.21. The molecule has 1 aliphatic rings. The smallest absolute Gasteiger partial charge is 0.243 e. The third kappa shape index (κ3) is 2.92. The van der Waals surface area contributed by atoms with Crippen LogP contribution in [0.1, 0.15) is 62.7 Å². The molecule has 86 valence electrons. The zero-order chi connectivity index (χ0) is 9.97. The third-order valence-electron chi connectivity index (χ3n) is 2.82. The summed E-state index contributed by atoms with van der Waals surface area (Å²) >= 11 is 0. The summed E-state index contributed by atoms with van der Waals surface area (Å²) in [5.74, 6) is 1.92. The molecule has 1 unspecified atom stereocenters. The normalized spacial score (nSPS) is 19.6. The molecule has 1 fully saturated rings. The highest BCUT2D eigenvalue weighted by atomic mass is 35.5. The minimum Gasteiger partial charge on any atom is -0.338 e. The maximum Gasteiger partial charge on any atom is 0.243 e. The van der Waals surface area contributed by atoms with Gasteiger partial charge in [0.1, 0.15) is 0 Å². The van der Waals surface area contributed by atoms with Crippen molar-refractivity contribution in [1.29, 1.82) is 0 Å². The van der Waals surface area contributed by atoms with Gasteiger partial charge in [-0.3, -0.25) is 0 Å². The molecule has 1 saturated carbocycles. The fourth-order valence-corrected chi connectivity index (χ4v) is 1.96. The number of nitrogens with zero attached hydrogens (tertiary/aromatic N) is 2. The molecule has 15 heavy (non-hydrogen) atoms. The molecule has 0 amide bonds.